The van der Waals surface area contributed by atoms with Crippen molar-refractivity contribution in [3.63, 3.8) is 0 Å². The molecule has 3 N–H and O–H groups in total. The third kappa shape index (κ3) is 2.19. The molecule has 0 amide bonds. The molecule has 0 radical (unpaired) electrons. The molecule has 2 aromatic rings. The van der Waals surface area contributed by atoms with Gasteiger partial charge in [-0.25, -0.2) is 4.98 Å². The molecule has 0 saturated carbocycles. The number of fused-ring (bicyclic) bond motifs is 1. The first kappa shape index (κ1) is 11.5. The normalized spacial score (nSPS) is 18.5. The fourth-order valence-corrected chi connectivity index (χ4v) is 2.40. The smallest absolute Gasteiger partial charge is 0.121 e. The minimum atomic E-state index is 0.744. The van der Waals surface area contributed by atoms with E-state index in [1.807, 2.05) is 18.2 Å². The van der Waals surface area contributed by atoms with Crippen LogP contribution in [0.2, 0.25) is 0 Å². The Labute approximate surface area is 107 Å². The highest BCUT2D eigenvalue weighted by Crippen LogP contribution is 2.18. The van der Waals surface area contributed by atoms with Gasteiger partial charge >= 0.3 is 0 Å². The second kappa shape index (κ2) is 4.59. The third-order valence-electron chi connectivity index (χ3n) is 3.56. The fraction of sp³-hybridized carbons (Fsp3) is 0.462. The standard InChI is InChI=1S/C13H19N5/c1-17-5-7-18(8-6-17)9-12-15-11-4-2-3-10(14)13(11)16-12/h2-4H,5-9,14H2,1H3,(H,15,16). The Balaban J connectivity index is 1.77. The molecule has 0 bridgehead atoms. The van der Waals surface area contributed by atoms with Crippen molar-refractivity contribution in [1.82, 2.24) is 19.8 Å². The molecule has 2 heterocycles. The maximum absolute atomic E-state index is 5.92. The Bertz CT molecular complexity index is 539. The molecule has 5 heteroatoms. The topological polar surface area (TPSA) is 61.2 Å². The number of benzene rings is 1. The van der Waals surface area contributed by atoms with E-state index < -0.39 is 0 Å². The summed E-state index contributed by atoms with van der Waals surface area (Å²) in [6.07, 6.45) is 0. The van der Waals surface area contributed by atoms with Crippen molar-refractivity contribution in [1.29, 1.82) is 0 Å². The van der Waals surface area contributed by atoms with Crippen LogP contribution in [0.5, 0.6) is 0 Å². The van der Waals surface area contributed by atoms with Crippen LogP contribution in [0.1, 0.15) is 5.82 Å². The number of nitrogens with two attached hydrogens (primary N) is 1. The van der Waals surface area contributed by atoms with Crippen molar-refractivity contribution in [2.24, 2.45) is 0 Å². The van der Waals surface area contributed by atoms with E-state index in [2.05, 4.69) is 26.8 Å². The van der Waals surface area contributed by atoms with E-state index in [1.54, 1.807) is 0 Å². The van der Waals surface area contributed by atoms with Gasteiger partial charge in [0.25, 0.3) is 0 Å². The van der Waals surface area contributed by atoms with Crippen LogP contribution in [0.25, 0.3) is 11.0 Å². The zero-order chi connectivity index (χ0) is 12.5. The summed E-state index contributed by atoms with van der Waals surface area (Å²) in [7, 11) is 2.17. The average Bonchev–Trinajstić information content (AvgIpc) is 2.76. The number of H-pyrrole nitrogens is 1. The Hall–Kier alpha value is -1.59. The van der Waals surface area contributed by atoms with Crippen LogP contribution in [0.3, 0.4) is 0 Å². The number of nitrogens with zero attached hydrogens (tertiary/aromatic N) is 3. The summed E-state index contributed by atoms with van der Waals surface area (Å²) in [5.41, 5.74) is 8.58. The highest BCUT2D eigenvalue weighted by atomic mass is 15.3. The number of rotatable bonds is 2. The molecule has 0 aliphatic carbocycles. The van der Waals surface area contributed by atoms with Gasteiger partial charge in [-0.15, -0.1) is 0 Å². The molecule has 0 unspecified atom stereocenters. The van der Waals surface area contributed by atoms with Gasteiger partial charge in [-0.1, -0.05) is 6.07 Å². The number of hydrogen-bond donors (Lipinski definition) is 2. The molecule has 3 rings (SSSR count). The lowest BCUT2D eigenvalue weighted by Gasteiger charge is -2.31. The van der Waals surface area contributed by atoms with Gasteiger partial charge < -0.3 is 15.6 Å². The van der Waals surface area contributed by atoms with Gasteiger partial charge in [0.05, 0.1) is 17.7 Å². The van der Waals surface area contributed by atoms with Crippen LogP contribution in [0.4, 0.5) is 5.69 Å². The molecular weight excluding hydrogens is 226 g/mol. The van der Waals surface area contributed by atoms with Gasteiger partial charge in [0.2, 0.25) is 0 Å². The van der Waals surface area contributed by atoms with E-state index in [0.717, 1.165) is 55.3 Å². The van der Waals surface area contributed by atoms with Crippen molar-refractivity contribution in [3.05, 3.63) is 24.0 Å². The predicted molar refractivity (Wildman–Crippen MR) is 73.3 cm³/mol. The Kier molecular flexibility index (Phi) is 2.93. The first-order valence-corrected chi connectivity index (χ1v) is 6.36. The van der Waals surface area contributed by atoms with Crippen molar-refractivity contribution in [2.45, 2.75) is 6.54 Å². The largest absolute Gasteiger partial charge is 0.397 e. The van der Waals surface area contributed by atoms with Crippen molar-refractivity contribution in [3.8, 4) is 0 Å². The summed E-state index contributed by atoms with van der Waals surface area (Å²) >= 11 is 0. The first-order chi connectivity index (χ1) is 8.72. The number of para-hydroxylation sites is 1. The van der Waals surface area contributed by atoms with Gasteiger partial charge in [-0.2, -0.15) is 0 Å². The molecule has 0 spiro atoms. The summed E-state index contributed by atoms with van der Waals surface area (Å²) < 4.78 is 0. The number of anilines is 1. The molecule has 1 aromatic heterocycles. The summed E-state index contributed by atoms with van der Waals surface area (Å²) in [6, 6.07) is 5.87. The molecule has 18 heavy (non-hydrogen) atoms. The average molecular weight is 245 g/mol. The minimum absolute atomic E-state index is 0.744. The second-order valence-electron chi connectivity index (χ2n) is 5.01. The van der Waals surface area contributed by atoms with Crippen molar-refractivity contribution < 1.29 is 0 Å². The number of aromatic nitrogens is 2. The van der Waals surface area contributed by atoms with E-state index in [1.165, 1.54) is 0 Å². The molecule has 5 nitrogen and oxygen atoms in total. The Morgan fingerprint density at radius 2 is 2.06 bits per heavy atom. The third-order valence-corrected chi connectivity index (χ3v) is 3.56. The number of imidazole rings is 1. The zero-order valence-corrected chi connectivity index (χ0v) is 10.7. The van der Waals surface area contributed by atoms with Gasteiger partial charge in [-0.05, 0) is 19.2 Å². The maximum atomic E-state index is 5.92. The summed E-state index contributed by atoms with van der Waals surface area (Å²) in [5.74, 6) is 1.01. The first-order valence-electron chi connectivity index (χ1n) is 6.36. The van der Waals surface area contributed by atoms with E-state index in [-0.39, 0.29) is 0 Å². The van der Waals surface area contributed by atoms with Crippen molar-refractivity contribution >= 4 is 16.7 Å². The molecule has 1 aliphatic rings. The molecule has 1 aliphatic heterocycles. The number of nitrogen functional groups attached to an aromatic ring is 1. The van der Waals surface area contributed by atoms with Crippen LogP contribution < -0.4 is 5.73 Å². The van der Waals surface area contributed by atoms with Crippen LogP contribution >= 0.6 is 0 Å². The molecular formula is C13H19N5. The molecule has 1 aromatic carbocycles. The van der Waals surface area contributed by atoms with E-state index in [0.29, 0.717) is 0 Å². The summed E-state index contributed by atoms with van der Waals surface area (Å²) in [5, 5.41) is 0. The molecule has 0 atom stereocenters. The van der Waals surface area contributed by atoms with E-state index >= 15 is 0 Å². The number of likely N-dealkylation sites (N-methyl/N-ethyl adjacent to an activating group) is 1. The van der Waals surface area contributed by atoms with Gasteiger partial charge in [0, 0.05) is 26.2 Å². The monoisotopic (exact) mass is 245 g/mol. The van der Waals surface area contributed by atoms with Gasteiger partial charge in [-0.3, -0.25) is 4.90 Å². The van der Waals surface area contributed by atoms with Crippen LogP contribution in [-0.4, -0.2) is 53.0 Å². The quantitative estimate of drug-likeness (QED) is 0.772. The van der Waals surface area contributed by atoms with Crippen LogP contribution in [0, 0.1) is 0 Å². The molecule has 96 valence electrons. The number of aromatic amines is 1. The number of nitrogens with one attached hydrogen (secondary N) is 1. The van der Waals surface area contributed by atoms with Crippen molar-refractivity contribution in [2.75, 3.05) is 39.0 Å². The van der Waals surface area contributed by atoms with Gasteiger partial charge in [0.1, 0.15) is 11.3 Å². The number of piperazine rings is 1. The van der Waals surface area contributed by atoms with E-state index in [4.69, 9.17) is 5.73 Å². The fourth-order valence-electron chi connectivity index (χ4n) is 2.40. The maximum Gasteiger partial charge on any atom is 0.121 e. The van der Waals surface area contributed by atoms with Gasteiger partial charge in [0.15, 0.2) is 0 Å². The minimum Gasteiger partial charge on any atom is -0.397 e. The van der Waals surface area contributed by atoms with Crippen LogP contribution in [-0.2, 0) is 6.54 Å². The summed E-state index contributed by atoms with van der Waals surface area (Å²) in [6.45, 7) is 5.33. The lowest BCUT2D eigenvalue weighted by atomic mass is 10.3. The highest BCUT2D eigenvalue weighted by molar-refractivity contribution is 5.86. The Morgan fingerprint density at radius 1 is 1.28 bits per heavy atom. The Morgan fingerprint density at radius 3 is 2.78 bits per heavy atom. The summed E-state index contributed by atoms with van der Waals surface area (Å²) in [4.78, 5) is 12.7. The lowest BCUT2D eigenvalue weighted by molar-refractivity contribution is 0.146. The zero-order valence-electron chi connectivity index (χ0n) is 10.7. The highest BCUT2D eigenvalue weighted by Gasteiger charge is 2.15. The predicted octanol–water partition coefficient (Wildman–Crippen LogP) is 0.892. The van der Waals surface area contributed by atoms with Crippen LogP contribution in [0.15, 0.2) is 18.2 Å². The lowest BCUT2D eigenvalue weighted by Crippen LogP contribution is -2.44. The van der Waals surface area contributed by atoms with E-state index in [9.17, 15) is 0 Å². The second-order valence-corrected chi connectivity index (χ2v) is 5.01. The molecule has 1 saturated heterocycles. The SMILES string of the molecule is CN1CCN(Cc2nc3c(N)cccc3[nH]2)CC1. The number of hydrogen-bond acceptors (Lipinski definition) is 4. The molecule has 1 fully saturated rings.